The SMILES string of the molecule is CC1(C)CCCC1Nc1ccc(F)cc1N. The van der Waals surface area contributed by atoms with E-state index in [-0.39, 0.29) is 5.82 Å². The maximum atomic E-state index is 12.9. The van der Waals surface area contributed by atoms with Crippen LogP contribution in [0.25, 0.3) is 0 Å². The normalized spacial score (nSPS) is 23.3. The Morgan fingerprint density at radius 3 is 2.75 bits per heavy atom. The minimum Gasteiger partial charge on any atom is -0.397 e. The van der Waals surface area contributed by atoms with Crippen LogP contribution in [-0.2, 0) is 0 Å². The summed E-state index contributed by atoms with van der Waals surface area (Å²) in [5.74, 6) is -0.284. The Kier molecular flexibility index (Phi) is 2.78. The zero-order valence-electron chi connectivity index (χ0n) is 9.89. The third-order valence-corrected chi connectivity index (χ3v) is 3.60. The number of hydrogen-bond acceptors (Lipinski definition) is 2. The molecule has 1 atom stereocenters. The van der Waals surface area contributed by atoms with Crippen molar-refractivity contribution in [1.82, 2.24) is 0 Å². The highest BCUT2D eigenvalue weighted by Crippen LogP contribution is 2.39. The second-order valence-electron chi connectivity index (χ2n) is 5.31. The largest absolute Gasteiger partial charge is 0.397 e. The molecule has 1 saturated carbocycles. The van der Waals surface area contributed by atoms with Crippen LogP contribution in [0.5, 0.6) is 0 Å². The second-order valence-corrected chi connectivity index (χ2v) is 5.31. The molecule has 16 heavy (non-hydrogen) atoms. The molecule has 3 heteroatoms. The summed E-state index contributed by atoms with van der Waals surface area (Å²) in [6.45, 7) is 4.52. The first-order valence-corrected chi connectivity index (χ1v) is 5.80. The number of nitrogens with one attached hydrogen (secondary N) is 1. The van der Waals surface area contributed by atoms with Crippen molar-refractivity contribution in [2.75, 3.05) is 11.1 Å². The monoisotopic (exact) mass is 222 g/mol. The molecular weight excluding hydrogens is 203 g/mol. The van der Waals surface area contributed by atoms with Crippen LogP contribution in [0.4, 0.5) is 15.8 Å². The van der Waals surface area contributed by atoms with E-state index in [1.54, 1.807) is 6.07 Å². The summed E-state index contributed by atoms with van der Waals surface area (Å²) in [6, 6.07) is 4.96. The van der Waals surface area contributed by atoms with Crippen LogP contribution >= 0.6 is 0 Å². The number of benzene rings is 1. The van der Waals surface area contributed by atoms with E-state index >= 15 is 0 Å². The summed E-state index contributed by atoms with van der Waals surface area (Å²) < 4.78 is 12.9. The fourth-order valence-electron chi connectivity index (χ4n) is 2.45. The van der Waals surface area contributed by atoms with E-state index < -0.39 is 0 Å². The van der Waals surface area contributed by atoms with Crippen molar-refractivity contribution in [2.45, 2.75) is 39.2 Å². The lowest BCUT2D eigenvalue weighted by Crippen LogP contribution is -2.31. The van der Waals surface area contributed by atoms with Crippen LogP contribution in [0.15, 0.2) is 18.2 Å². The van der Waals surface area contributed by atoms with Gasteiger partial charge in [0.1, 0.15) is 5.82 Å². The van der Waals surface area contributed by atoms with E-state index in [1.165, 1.54) is 25.0 Å². The quantitative estimate of drug-likeness (QED) is 0.753. The maximum absolute atomic E-state index is 12.9. The number of hydrogen-bond donors (Lipinski definition) is 2. The van der Waals surface area contributed by atoms with E-state index in [4.69, 9.17) is 5.73 Å². The van der Waals surface area contributed by atoms with Crippen LogP contribution in [0.3, 0.4) is 0 Å². The number of rotatable bonds is 2. The van der Waals surface area contributed by atoms with Crippen molar-refractivity contribution in [2.24, 2.45) is 5.41 Å². The lowest BCUT2D eigenvalue weighted by Gasteiger charge is -2.29. The van der Waals surface area contributed by atoms with E-state index in [0.29, 0.717) is 17.1 Å². The van der Waals surface area contributed by atoms with Gasteiger partial charge in [-0.15, -0.1) is 0 Å². The van der Waals surface area contributed by atoms with Crippen molar-refractivity contribution < 1.29 is 4.39 Å². The first kappa shape index (κ1) is 11.2. The first-order valence-electron chi connectivity index (χ1n) is 5.80. The van der Waals surface area contributed by atoms with Crippen LogP contribution in [-0.4, -0.2) is 6.04 Å². The second kappa shape index (κ2) is 3.96. The molecule has 88 valence electrons. The van der Waals surface area contributed by atoms with Crippen LogP contribution < -0.4 is 11.1 Å². The standard InChI is InChI=1S/C13H19FN2/c1-13(2)7-3-4-12(13)16-11-6-5-9(14)8-10(11)15/h5-6,8,12,16H,3-4,7,15H2,1-2H3. The molecule has 1 unspecified atom stereocenters. The van der Waals surface area contributed by atoms with Crippen molar-refractivity contribution >= 4 is 11.4 Å². The van der Waals surface area contributed by atoms with Crippen LogP contribution in [0, 0.1) is 11.2 Å². The highest BCUT2D eigenvalue weighted by Gasteiger charge is 2.34. The summed E-state index contributed by atoms with van der Waals surface area (Å²) >= 11 is 0. The van der Waals surface area contributed by atoms with Gasteiger partial charge in [0, 0.05) is 6.04 Å². The van der Waals surface area contributed by atoms with Crippen molar-refractivity contribution in [3.63, 3.8) is 0 Å². The van der Waals surface area contributed by atoms with Gasteiger partial charge in [-0.1, -0.05) is 20.3 Å². The van der Waals surface area contributed by atoms with E-state index in [1.807, 2.05) is 0 Å². The number of nitrogens with two attached hydrogens (primary N) is 1. The van der Waals surface area contributed by atoms with E-state index in [9.17, 15) is 4.39 Å². The molecule has 1 aliphatic rings. The topological polar surface area (TPSA) is 38.0 Å². The molecule has 0 saturated heterocycles. The molecule has 2 rings (SSSR count). The van der Waals surface area contributed by atoms with Gasteiger partial charge in [-0.3, -0.25) is 0 Å². The molecule has 1 aromatic rings. The molecule has 0 amide bonds. The molecule has 0 heterocycles. The minimum absolute atomic E-state index is 0.284. The average molecular weight is 222 g/mol. The fourth-order valence-corrected chi connectivity index (χ4v) is 2.45. The molecule has 1 fully saturated rings. The Bertz CT molecular complexity index is 388. The molecule has 0 spiro atoms. The van der Waals surface area contributed by atoms with Gasteiger partial charge in [0.05, 0.1) is 11.4 Å². The Labute approximate surface area is 96.0 Å². The van der Waals surface area contributed by atoms with Crippen molar-refractivity contribution in [3.8, 4) is 0 Å². The smallest absolute Gasteiger partial charge is 0.125 e. The fraction of sp³-hybridized carbons (Fsp3) is 0.538. The molecule has 0 aliphatic heterocycles. The van der Waals surface area contributed by atoms with Gasteiger partial charge >= 0.3 is 0 Å². The Morgan fingerprint density at radius 2 is 2.19 bits per heavy atom. The zero-order valence-corrected chi connectivity index (χ0v) is 9.89. The lowest BCUT2D eigenvalue weighted by atomic mass is 9.87. The third-order valence-electron chi connectivity index (χ3n) is 3.60. The van der Waals surface area contributed by atoms with Gasteiger partial charge in [-0.05, 0) is 36.5 Å². The summed E-state index contributed by atoms with van der Waals surface area (Å²) in [5.41, 5.74) is 7.42. The van der Waals surface area contributed by atoms with Crippen LogP contribution in [0.2, 0.25) is 0 Å². The minimum atomic E-state index is -0.284. The average Bonchev–Trinajstić information content (AvgIpc) is 2.50. The third kappa shape index (κ3) is 2.13. The van der Waals surface area contributed by atoms with Crippen molar-refractivity contribution in [3.05, 3.63) is 24.0 Å². The summed E-state index contributed by atoms with van der Waals surface area (Å²) in [4.78, 5) is 0. The summed E-state index contributed by atoms with van der Waals surface area (Å²) in [7, 11) is 0. The van der Waals surface area contributed by atoms with Gasteiger partial charge in [0.15, 0.2) is 0 Å². The molecule has 2 nitrogen and oxygen atoms in total. The molecular formula is C13H19FN2. The van der Waals surface area contributed by atoms with Crippen molar-refractivity contribution in [1.29, 1.82) is 0 Å². The highest BCUT2D eigenvalue weighted by molar-refractivity contribution is 5.66. The molecule has 1 aromatic carbocycles. The Balaban J connectivity index is 2.15. The Hall–Kier alpha value is -1.25. The molecule has 0 radical (unpaired) electrons. The lowest BCUT2D eigenvalue weighted by molar-refractivity contribution is 0.350. The predicted molar refractivity (Wildman–Crippen MR) is 65.9 cm³/mol. The predicted octanol–water partition coefficient (Wildman–Crippen LogP) is 3.40. The van der Waals surface area contributed by atoms with E-state index in [0.717, 1.165) is 12.1 Å². The Morgan fingerprint density at radius 1 is 1.44 bits per heavy atom. The molecule has 3 N–H and O–H groups in total. The van der Waals surface area contributed by atoms with Gasteiger partial charge in [-0.25, -0.2) is 4.39 Å². The summed E-state index contributed by atoms with van der Waals surface area (Å²) in [6.07, 6.45) is 3.63. The van der Waals surface area contributed by atoms with Gasteiger partial charge in [0.25, 0.3) is 0 Å². The summed E-state index contributed by atoms with van der Waals surface area (Å²) in [5, 5.41) is 3.43. The number of anilines is 2. The van der Waals surface area contributed by atoms with Gasteiger partial charge < -0.3 is 11.1 Å². The van der Waals surface area contributed by atoms with Gasteiger partial charge in [0.2, 0.25) is 0 Å². The van der Waals surface area contributed by atoms with Crippen LogP contribution in [0.1, 0.15) is 33.1 Å². The number of halogens is 1. The van der Waals surface area contributed by atoms with E-state index in [2.05, 4.69) is 19.2 Å². The molecule has 1 aliphatic carbocycles. The maximum Gasteiger partial charge on any atom is 0.125 e. The number of nitrogen functional groups attached to an aromatic ring is 1. The zero-order chi connectivity index (χ0) is 11.8. The van der Waals surface area contributed by atoms with Gasteiger partial charge in [-0.2, -0.15) is 0 Å². The highest BCUT2D eigenvalue weighted by atomic mass is 19.1. The molecule has 0 bridgehead atoms. The first-order chi connectivity index (χ1) is 7.49. The molecule has 0 aromatic heterocycles.